The zero-order chi connectivity index (χ0) is 14.7. The van der Waals surface area contributed by atoms with Crippen LogP contribution in [0.25, 0.3) is 0 Å². The number of hydrogen-bond acceptors (Lipinski definition) is 3. The molecule has 2 rings (SSSR count). The van der Waals surface area contributed by atoms with Crippen LogP contribution in [0.1, 0.15) is 21.5 Å². The smallest absolute Gasteiger partial charge is 0.336 e. The highest BCUT2D eigenvalue weighted by molar-refractivity contribution is 9.10. The molecule has 0 radical (unpaired) electrons. The van der Waals surface area contributed by atoms with Crippen LogP contribution in [0.2, 0.25) is 0 Å². The summed E-state index contributed by atoms with van der Waals surface area (Å²) >= 11 is 2.96. The van der Waals surface area contributed by atoms with Gasteiger partial charge in [-0.3, -0.25) is 4.98 Å². The molecule has 20 heavy (non-hydrogen) atoms. The Labute approximate surface area is 123 Å². The lowest BCUT2D eigenvalue weighted by molar-refractivity contribution is 0.0695. The summed E-state index contributed by atoms with van der Waals surface area (Å²) < 4.78 is 14.0. The Morgan fingerprint density at radius 1 is 1.45 bits per heavy atom. The van der Waals surface area contributed by atoms with Crippen molar-refractivity contribution in [1.29, 1.82) is 0 Å². The fraction of sp³-hybridized carbons (Fsp3) is 0.143. The van der Waals surface area contributed by atoms with Gasteiger partial charge in [0.15, 0.2) is 5.82 Å². The standard InChI is InChI=1S/C14H12BrFN2O2/c1-8-4-5-17-6-9(8)7-18-11-3-2-10(14(19)20)12(15)13(11)16/h2-6,18H,7H2,1H3,(H,19,20). The van der Waals surface area contributed by atoms with Gasteiger partial charge in [0.2, 0.25) is 0 Å². The van der Waals surface area contributed by atoms with Gasteiger partial charge < -0.3 is 10.4 Å². The van der Waals surface area contributed by atoms with Gasteiger partial charge in [-0.25, -0.2) is 9.18 Å². The zero-order valence-corrected chi connectivity index (χ0v) is 12.2. The van der Waals surface area contributed by atoms with E-state index in [4.69, 9.17) is 5.11 Å². The Morgan fingerprint density at radius 3 is 2.85 bits per heavy atom. The van der Waals surface area contributed by atoms with Crippen LogP contribution in [-0.2, 0) is 6.54 Å². The molecular weight excluding hydrogens is 327 g/mol. The van der Waals surface area contributed by atoms with Crippen molar-refractivity contribution < 1.29 is 14.3 Å². The molecule has 0 saturated carbocycles. The number of aromatic carboxylic acids is 1. The molecule has 0 amide bonds. The van der Waals surface area contributed by atoms with Gasteiger partial charge in [0, 0.05) is 18.9 Å². The molecule has 2 aromatic rings. The van der Waals surface area contributed by atoms with Gasteiger partial charge in [0.1, 0.15) is 0 Å². The zero-order valence-electron chi connectivity index (χ0n) is 10.7. The maximum atomic E-state index is 14.0. The van der Waals surface area contributed by atoms with Gasteiger partial charge >= 0.3 is 5.97 Å². The normalized spacial score (nSPS) is 10.3. The quantitative estimate of drug-likeness (QED) is 0.893. The predicted molar refractivity (Wildman–Crippen MR) is 77.4 cm³/mol. The monoisotopic (exact) mass is 338 g/mol. The van der Waals surface area contributed by atoms with Crippen LogP contribution in [0, 0.1) is 12.7 Å². The molecule has 0 saturated heterocycles. The molecule has 0 bridgehead atoms. The number of hydrogen-bond donors (Lipinski definition) is 2. The van der Waals surface area contributed by atoms with Crippen LogP contribution in [0.4, 0.5) is 10.1 Å². The van der Waals surface area contributed by atoms with Gasteiger partial charge in [-0.1, -0.05) is 0 Å². The first-order chi connectivity index (χ1) is 9.50. The molecule has 0 aliphatic rings. The maximum absolute atomic E-state index is 14.0. The lowest BCUT2D eigenvalue weighted by Gasteiger charge is -2.11. The summed E-state index contributed by atoms with van der Waals surface area (Å²) in [5.74, 6) is -1.79. The first-order valence-corrected chi connectivity index (χ1v) is 6.64. The minimum Gasteiger partial charge on any atom is -0.478 e. The van der Waals surface area contributed by atoms with Crippen LogP contribution >= 0.6 is 15.9 Å². The van der Waals surface area contributed by atoms with E-state index in [2.05, 4.69) is 26.2 Å². The van der Waals surface area contributed by atoms with Gasteiger partial charge in [0.25, 0.3) is 0 Å². The van der Waals surface area contributed by atoms with E-state index in [1.165, 1.54) is 12.1 Å². The van der Waals surface area contributed by atoms with Crippen molar-refractivity contribution in [2.24, 2.45) is 0 Å². The van der Waals surface area contributed by atoms with Gasteiger partial charge in [0.05, 0.1) is 15.7 Å². The lowest BCUT2D eigenvalue weighted by atomic mass is 10.1. The van der Waals surface area contributed by atoms with Crippen molar-refractivity contribution in [3.05, 3.63) is 57.6 Å². The fourth-order valence-corrected chi connectivity index (χ4v) is 2.24. The third-order valence-electron chi connectivity index (χ3n) is 2.93. The molecule has 1 heterocycles. The molecule has 0 aliphatic carbocycles. The first kappa shape index (κ1) is 14.5. The Morgan fingerprint density at radius 2 is 2.20 bits per heavy atom. The third kappa shape index (κ3) is 2.96. The molecular formula is C14H12BrFN2O2. The lowest BCUT2D eigenvalue weighted by Crippen LogP contribution is -2.06. The summed E-state index contributed by atoms with van der Waals surface area (Å²) in [4.78, 5) is 14.9. The van der Waals surface area contributed by atoms with Crippen LogP contribution in [0.3, 0.4) is 0 Å². The second kappa shape index (κ2) is 6.00. The van der Waals surface area contributed by atoms with E-state index >= 15 is 0 Å². The van der Waals surface area contributed by atoms with E-state index in [9.17, 15) is 9.18 Å². The van der Waals surface area contributed by atoms with E-state index in [0.717, 1.165) is 11.1 Å². The second-order valence-corrected chi connectivity index (χ2v) is 5.04. The molecule has 0 unspecified atom stereocenters. The molecule has 1 aromatic heterocycles. The summed E-state index contributed by atoms with van der Waals surface area (Å²) in [6.07, 6.45) is 3.40. The minimum absolute atomic E-state index is 0.0575. The SMILES string of the molecule is Cc1ccncc1CNc1ccc(C(=O)O)c(Br)c1F. The van der Waals surface area contributed by atoms with Gasteiger partial charge in [-0.05, 0) is 52.2 Å². The number of nitrogens with one attached hydrogen (secondary N) is 1. The van der Waals surface area contributed by atoms with E-state index in [0.29, 0.717) is 6.54 Å². The van der Waals surface area contributed by atoms with Crippen LogP contribution in [-0.4, -0.2) is 16.1 Å². The highest BCUT2D eigenvalue weighted by atomic mass is 79.9. The second-order valence-electron chi connectivity index (χ2n) is 4.25. The number of halogens is 2. The molecule has 104 valence electrons. The van der Waals surface area contributed by atoms with Crippen molar-refractivity contribution in [3.8, 4) is 0 Å². The number of rotatable bonds is 4. The van der Waals surface area contributed by atoms with E-state index in [-0.39, 0.29) is 15.7 Å². The van der Waals surface area contributed by atoms with E-state index in [1.54, 1.807) is 12.4 Å². The number of aromatic nitrogens is 1. The molecule has 2 N–H and O–H groups in total. The average molecular weight is 339 g/mol. The summed E-state index contributed by atoms with van der Waals surface area (Å²) in [6.45, 7) is 2.36. The molecule has 4 nitrogen and oxygen atoms in total. The minimum atomic E-state index is -1.18. The number of benzene rings is 1. The number of pyridine rings is 1. The summed E-state index contributed by atoms with van der Waals surface area (Å²) in [6, 6.07) is 4.64. The molecule has 0 spiro atoms. The number of aryl methyl sites for hydroxylation is 1. The van der Waals surface area contributed by atoms with Gasteiger partial charge in [-0.15, -0.1) is 0 Å². The van der Waals surface area contributed by atoms with E-state index in [1.807, 2.05) is 13.0 Å². The van der Waals surface area contributed by atoms with Crippen molar-refractivity contribution in [1.82, 2.24) is 4.98 Å². The first-order valence-electron chi connectivity index (χ1n) is 5.85. The largest absolute Gasteiger partial charge is 0.478 e. The fourth-order valence-electron chi connectivity index (χ4n) is 1.72. The third-order valence-corrected chi connectivity index (χ3v) is 3.70. The van der Waals surface area contributed by atoms with Crippen LogP contribution in [0.5, 0.6) is 0 Å². The summed E-state index contributed by atoms with van der Waals surface area (Å²) in [7, 11) is 0. The molecule has 0 atom stereocenters. The number of carboxylic acid groups (broad SMARTS) is 1. The Bertz CT molecular complexity index is 662. The molecule has 1 aromatic carbocycles. The van der Waals surface area contributed by atoms with Crippen molar-refractivity contribution in [2.45, 2.75) is 13.5 Å². The number of nitrogens with zero attached hydrogens (tertiary/aromatic N) is 1. The molecule has 0 fully saturated rings. The molecule has 6 heteroatoms. The van der Waals surface area contributed by atoms with Crippen LogP contribution < -0.4 is 5.32 Å². The Hall–Kier alpha value is -1.95. The average Bonchev–Trinajstić information content (AvgIpc) is 2.41. The van der Waals surface area contributed by atoms with Gasteiger partial charge in [-0.2, -0.15) is 0 Å². The highest BCUT2D eigenvalue weighted by Crippen LogP contribution is 2.27. The number of carboxylic acids is 1. The van der Waals surface area contributed by atoms with Crippen molar-refractivity contribution in [3.63, 3.8) is 0 Å². The van der Waals surface area contributed by atoms with Crippen LogP contribution in [0.15, 0.2) is 35.1 Å². The highest BCUT2D eigenvalue weighted by Gasteiger charge is 2.15. The summed E-state index contributed by atoms with van der Waals surface area (Å²) in [5.41, 5.74) is 2.13. The van der Waals surface area contributed by atoms with Crippen molar-refractivity contribution in [2.75, 3.05) is 5.32 Å². The van der Waals surface area contributed by atoms with E-state index < -0.39 is 11.8 Å². The predicted octanol–water partition coefficient (Wildman–Crippen LogP) is 3.60. The number of anilines is 1. The Balaban J connectivity index is 2.21. The summed E-state index contributed by atoms with van der Waals surface area (Å²) in [5, 5.41) is 11.8. The topological polar surface area (TPSA) is 62.2 Å². The number of carbonyl (C=O) groups is 1. The molecule has 0 aliphatic heterocycles. The Kier molecular flexibility index (Phi) is 4.34. The van der Waals surface area contributed by atoms with Crippen molar-refractivity contribution >= 4 is 27.6 Å². The maximum Gasteiger partial charge on any atom is 0.336 e.